The number of pyridine rings is 1. The Morgan fingerprint density at radius 2 is 2.09 bits per heavy atom. The summed E-state index contributed by atoms with van der Waals surface area (Å²) in [6, 6.07) is 5.22. The van der Waals surface area contributed by atoms with Crippen molar-refractivity contribution in [3.63, 3.8) is 0 Å². The van der Waals surface area contributed by atoms with Gasteiger partial charge in [-0.25, -0.2) is 11.6 Å². The van der Waals surface area contributed by atoms with Crippen LogP contribution in [0.1, 0.15) is 12.8 Å². The molecule has 1 saturated carbocycles. The molecule has 1 amide bonds. The van der Waals surface area contributed by atoms with Gasteiger partial charge in [0.15, 0.2) is 5.54 Å². The van der Waals surface area contributed by atoms with Gasteiger partial charge in [0.1, 0.15) is 12.4 Å². The van der Waals surface area contributed by atoms with E-state index in [2.05, 4.69) is 40.6 Å². The van der Waals surface area contributed by atoms with Gasteiger partial charge in [-0.05, 0) is 36.6 Å². The Bertz CT molecular complexity index is 1240. The lowest BCUT2D eigenvalue weighted by Crippen LogP contribution is -2.66. The summed E-state index contributed by atoms with van der Waals surface area (Å²) < 4.78 is 9.88. The van der Waals surface area contributed by atoms with Crippen molar-refractivity contribution >= 4 is 25.0 Å². The molecule has 1 saturated heterocycles. The summed E-state index contributed by atoms with van der Waals surface area (Å²) in [5, 5.41) is 5.69. The molecule has 8 nitrogen and oxygen atoms in total. The molecule has 34 heavy (non-hydrogen) atoms. The maximum atomic E-state index is 12.4. The summed E-state index contributed by atoms with van der Waals surface area (Å²) in [5.74, 6) is 0.435. The van der Waals surface area contributed by atoms with Crippen molar-refractivity contribution in [2.24, 2.45) is 5.92 Å². The number of carbonyl (C=O) groups excluding carboxylic acids is 1. The van der Waals surface area contributed by atoms with Gasteiger partial charge in [-0.1, -0.05) is 19.6 Å². The maximum Gasteiger partial charge on any atom is 0.243 e. The number of carbonyl (C=O) groups is 1. The summed E-state index contributed by atoms with van der Waals surface area (Å²) in [6.07, 6.45) is 9.71. The zero-order valence-corrected chi connectivity index (χ0v) is 21.2. The van der Waals surface area contributed by atoms with Gasteiger partial charge in [0.25, 0.3) is 0 Å². The number of hydrogen-bond acceptors (Lipinski definition) is 4. The molecular weight excluding hydrogens is 444 g/mol. The summed E-state index contributed by atoms with van der Waals surface area (Å²) in [7, 11) is -1.12. The topological polar surface area (TPSA) is 69.5 Å². The molecule has 1 aliphatic heterocycles. The number of nitrogens with zero attached hydrogens (tertiary/aromatic N) is 6. The van der Waals surface area contributed by atoms with Crippen LogP contribution in [-0.2, 0) is 21.8 Å². The highest BCUT2D eigenvalue weighted by Crippen LogP contribution is 2.38. The Kier molecular flexibility index (Phi) is 5.82. The van der Waals surface area contributed by atoms with Crippen LogP contribution in [-0.4, -0.2) is 64.5 Å². The molecule has 2 aliphatic rings. The van der Waals surface area contributed by atoms with Gasteiger partial charge in [-0.2, -0.15) is 5.10 Å². The van der Waals surface area contributed by atoms with Crippen LogP contribution in [0.4, 0.5) is 0 Å². The molecule has 2 fully saturated rings. The molecule has 0 radical (unpaired) electrons. The monoisotopic (exact) mass is 476 g/mol. The van der Waals surface area contributed by atoms with Gasteiger partial charge in [0.2, 0.25) is 12.5 Å². The Labute approximate surface area is 201 Å². The lowest BCUT2D eigenvalue weighted by atomic mass is 9.89. The molecule has 4 heterocycles. The summed E-state index contributed by atoms with van der Waals surface area (Å²) in [4.78, 5) is 22.6. The zero-order valence-electron chi connectivity index (χ0n) is 20.2. The van der Waals surface area contributed by atoms with Crippen LogP contribution in [0, 0.1) is 12.5 Å². The third-order valence-corrected chi connectivity index (χ3v) is 8.55. The van der Waals surface area contributed by atoms with Crippen LogP contribution in [0.2, 0.25) is 25.7 Å². The fraction of sp³-hybridized carbons (Fsp3) is 0.520. The predicted octanol–water partition coefficient (Wildman–Crippen LogP) is 4.08. The minimum Gasteiger partial charge on any atom is -0.361 e. The molecule has 5 rings (SSSR count). The molecule has 0 unspecified atom stereocenters. The van der Waals surface area contributed by atoms with Crippen LogP contribution >= 0.6 is 0 Å². The first kappa shape index (κ1) is 22.8. The Hall–Kier alpha value is -2.96. The molecule has 3 aromatic rings. The molecule has 0 N–H and O–H groups in total. The molecule has 1 aliphatic carbocycles. The van der Waals surface area contributed by atoms with Gasteiger partial charge in [-0.15, -0.1) is 0 Å². The lowest BCUT2D eigenvalue weighted by Gasteiger charge is -2.47. The van der Waals surface area contributed by atoms with Crippen LogP contribution < -0.4 is 0 Å². The third-order valence-electron chi connectivity index (χ3n) is 6.85. The Morgan fingerprint density at radius 3 is 2.79 bits per heavy atom. The summed E-state index contributed by atoms with van der Waals surface area (Å²) in [6.45, 7) is 17.2. The highest BCUT2D eigenvalue weighted by molar-refractivity contribution is 6.76. The molecule has 0 aromatic carbocycles. The van der Waals surface area contributed by atoms with Crippen molar-refractivity contribution in [1.82, 2.24) is 24.2 Å². The number of hydrogen-bond donors (Lipinski definition) is 0. The van der Waals surface area contributed by atoms with Crippen molar-refractivity contribution < 1.29 is 9.53 Å². The normalized spacial score (nSPS) is 17.5. The van der Waals surface area contributed by atoms with E-state index in [9.17, 15) is 4.79 Å². The predicted molar refractivity (Wildman–Crippen MR) is 134 cm³/mol. The Balaban J connectivity index is 1.34. The summed E-state index contributed by atoms with van der Waals surface area (Å²) >= 11 is 0. The van der Waals surface area contributed by atoms with Gasteiger partial charge in [0.05, 0.1) is 19.3 Å². The van der Waals surface area contributed by atoms with E-state index < -0.39 is 13.6 Å². The van der Waals surface area contributed by atoms with E-state index >= 15 is 0 Å². The fourth-order valence-corrected chi connectivity index (χ4v) is 5.34. The largest absolute Gasteiger partial charge is 0.361 e. The van der Waals surface area contributed by atoms with Crippen molar-refractivity contribution in [2.75, 3.05) is 26.2 Å². The number of ether oxygens (including phenoxy) is 1. The summed E-state index contributed by atoms with van der Waals surface area (Å²) in [5.41, 5.74) is 2.49. The minimum atomic E-state index is -1.12. The molecular formula is C25H32N6O2Si. The van der Waals surface area contributed by atoms with E-state index in [1.165, 1.54) is 0 Å². The van der Waals surface area contributed by atoms with Crippen molar-refractivity contribution in [3.05, 3.63) is 48.3 Å². The second kappa shape index (κ2) is 8.67. The first-order valence-electron chi connectivity index (χ1n) is 12.0. The van der Waals surface area contributed by atoms with Gasteiger partial charge in [0, 0.05) is 50.1 Å². The second-order valence-electron chi connectivity index (χ2n) is 10.9. The van der Waals surface area contributed by atoms with Crippen LogP contribution in [0.3, 0.4) is 0 Å². The van der Waals surface area contributed by atoms with E-state index in [0.717, 1.165) is 47.7 Å². The molecule has 178 valence electrons. The minimum absolute atomic E-state index is 0.202. The first-order chi connectivity index (χ1) is 16.3. The Morgan fingerprint density at radius 1 is 1.29 bits per heavy atom. The molecule has 9 heteroatoms. The van der Waals surface area contributed by atoms with Gasteiger partial charge < -0.3 is 19.0 Å². The van der Waals surface area contributed by atoms with Crippen molar-refractivity contribution in [1.29, 1.82) is 0 Å². The van der Waals surface area contributed by atoms with E-state index in [-0.39, 0.29) is 11.8 Å². The van der Waals surface area contributed by atoms with Gasteiger partial charge >= 0.3 is 0 Å². The van der Waals surface area contributed by atoms with Crippen LogP contribution in [0.25, 0.3) is 27.0 Å². The molecule has 0 bridgehead atoms. The standard InChI is InChI=1S/C25H32N6O2Si/c1-26-15-25(16-30(17-25)24(32)19-5-6-19)31-14-20(13-28-31)21-7-9-27-23-22(21)8-10-29(23)18-33-11-12-34(2,3)4/h7-10,13-14,19H,5-6,11-12,15-18H2,2-4H3. The van der Waals surface area contributed by atoms with E-state index in [4.69, 9.17) is 11.3 Å². The van der Waals surface area contributed by atoms with Crippen molar-refractivity contribution in [3.8, 4) is 11.1 Å². The third kappa shape index (κ3) is 4.40. The van der Waals surface area contributed by atoms with E-state index in [1.54, 1.807) is 0 Å². The molecule has 3 aromatic heterocycles. The highest BCUT2D eigenvalue weighted by atomic mass is 28.3. The number of rotatable bonds is 9. The first-order valence-corrected chi connectivity index (χ1v) is 15.7. The van der Waals surface area contributed by atoms with Crippen LogP contribution in [0.15, 0.2) is 36.9 Å². The smallest absolute Gasteiger partial charge is 0.243 e. The van der Waals surface area contributed by atoms with E-state index in [1.807, 2.05) is 45.0 Å². The average Bonchev–Trinajstić information content (AvgIpc) is 3.36. The SMILES string of the molecule is [C-]#[N+]CC1(n2cc(-c3ccnc4c3ccn4COCC[Si](C)(C)C)cn2)CN(C(=O)C2CC2)C1. The maximum absolute atomic E-state index is 12.4. The van der Waals surface area contributed by atoms with Crippen LogP contribution in [0.5, 0.6) is 0 Å². The van der Waals surface area contributed by atoms with Gasteiger partial charge in [-0.3, -0.25) is 9.48 Å². The number of amides is 1. The second-order valence-corrected chi connectivity index (χ2v) is 16.5. The van der Waals surface area contributed by atoms with E-state index in [0.29, 0.717) is 26.4 Å². The highest BCUT2D eigenvalue weighted by Gasteiger charge is 2.52. The molecule has 0 atom stereocenters. The number of aromatic nitrogens is 4. The number of fused-ring (bicyclic) bond motifs is 1. The average molecular weight is 477 g/mol. The molecule has 0 spiro atoms. The quantitative estimate of drug-likeness (QED) is 0.265. The number of likely N-dealkylation sites (tertiary alicyclic amines) is 1. The zero-order chi connectivity index (χ0) is 23.9. The lowest BCUT2D eigenvalue weighted by molar-refractivity contribution is -0.143. The van der Waals surface area contributed by atoms with Crippen molar-refractivity contribution in [2.45, 2.75) is 50.8 Å². The fourth-order valence-electron chi connectivity index (χ4n) is 4.58.